The lowest BCUT2D eigenvalue weighted by Crippen LogP contribution is -2.33. The quantitative estimate of drug-likeness (QED) is 0.514. The van der Waals surface area contributed by atoms with Crippen molar-refractivity contribution in [3.63, 3.8) is 0 Å². The molecule has 2 aromatic rings. The lowest BCUT2D eigenvalue weighted by atomic mass is 9.91. The van der Waals surface area contributed by atoms with Crippen molar-refractivity contribution in [1.29, 1.82) is 0 Å². The maximum Gasteiger partial charge on any atom is 0.333 e. The summed E-state index contributed by atoms with van der Waals surface area (Å²) < 4.78 is 25.8. The van der Waals surface area contributed by atoms with Crippen LogP contribution in [0.5, 0.6) is 0 Å². The monoisotopic (exact) mass is 471 g/mol. The van der Waals surface area contributed by atoms with Crippen molar-refractivity contribution in [2.75, 3.05) is 19.6 Å². The molecule has 0 aromatic heterocycles. The van der Waals surface area contributed by atoms with Gasteiger partial charge < -0.3 is 10.4 Å². The van der Waals surface area contributed by atoms with Crippen LogP contribution in [0.15, 0.2) is 59.1 Å². The molecule has 0 radical (unpaired) electrons. The Morgan fingerprint density at radius 1 is 1.06 bits per heavy atom. The van der Waals surface area contributed by atoms with Crippen LogP contribution in [0.3, 0.4) is 0 Å². The van der Waals surface area contributed by atoms with Gasteiger partial charge in [-0.2, -0.15) is 8.42 Å². The van der Waals surface area contributed by atoms with Crippen molar-refractivity contribution < 1.29 is 23.1 Å². The van der Waals surface area contributed by atoms with Crippen LogP contribution >= 0.6 is 0 Å². The van der Waals surface area contributed by atoms with Gasteiger partial charge in [-0.1, -0.05) is 48.9 Å². The highest BCUT2D eigenvalue weighted by Gasteiger charge is 2.27. The first-order chi connectivity index (χ1) is 15.9. The molecular formula is C24H29N3O5S. The first-order valence-electron chi connectivity index (χ1n) is 11.1. The smallest absolute Gasteiger partial charge is 0.333 e. The number of carboxylic acid groups (broad SMARTS) is 1. The molecule has 0 aliphatic carbocycles. The minimum atomic E-state index is -2.90. The van der Waals surface area contributed by atoms with E-state index < -0.39 is 34.8 Å². The molecular weight excluding hydrogens is 442 g/mol. The molecule has 0 spiro atoms. The van der Waals surface area contributed by atoms with E-state index in [4.69, 9.17) is 0 Å². The predicted molar refractivity (Wildman–Crippen MR) is 124 cm³/mol. The molecule has 1 atom stereocenters. The lowest BCUT2D eigenvalue weighted by molar-refractivity contribution is -0.139. The van der Waals surface area contributed by atoms with E-state index in [1.165, 1.54) is 19.3 Å². The third kappa shape index (κ3) is 7.50. The number of carbonyl (C=O) groups excluding carboxylic acids is 1. The van der Waals surface area contributed by atoms with Crippen LogP contribution in [0.25, 0.3) is 0 Å². The average Bonchev–Trinajstić information content (AvgIpc) is 2.82. The van der Waals surface area contributed by atoms with Crippen molar-refractivity contribution in [1.82, 2.24) is 10.3 Å². The van der Waals surface area contributed by atoms with Gasteiger partial charge in [-0.3, -0.25) is 9.59 Å². The second-order valence-corrected chi connectivity index (χ2v) is 8.87. The molecule has 1 aliphatic rings. The molecule has 1 amide bonds. The standard InChI is InChI=1S/C24H29N3O5S/c28-23(21-11-9-18(10-12-21)5-4-6-19-13-15-25-16-14-19)27(26-33(31)32)17-22(24(29)30)20-7-2-1-3-8-20/h1-3,7-12,19,22,25H,4-6,13-17H2,(H,29,30)/t22-/m1/s1. The van der Waals surface area contributed by atoms with Gasteiger partial charge >= 0.3 is 16.5 Å². The van der Waals surface area contributed by atoms with Gasteiger partial charge in [-0.15, -0.1) is 0 Å². The predicted octanol–water partition coefficient (Wildman–Crippen LogP) is 3.30. The Bertz CT molecular complexity index is 1060. The summed E-state index contributed by atoms with van der Waals surface area (Å²) in [4.78, 5) is 24.8. The summed E-state index contributed by atoms with van der Waals surface area (Å²) in [7, 11) is -2.90. The molecule has 3 rings (SSSR count). The van der Waals surface area contributed by atoms with Gasteiger partial charge in [0.05, 0.1) is 6.54 Å². The first kappa shape index (κ1) is 24.6. The molecule has 2 aromatic carbocycles. The number of piperidine rings is 1. The molecule has 0 saturated carbocycles. The van der Waals surface area contributed by atoms with Crippen molar-refractivity contribution >= 4 is 22.4 Å². The molecule has 33 heavy (non-hydrogen) atoms. The fourth-order valence-corrected chi connectivity index (χ4v) is 4.45. The third-order valence-corrected chi connectivity index (χ3v) is 6.32. The molecule has 0 bridgehead atoms. The number of nitrogens with one attached hydrogen (secondary N) is 1. The van der Waals surface area contributed by atoms with Gasteiger partial charge in [0.25, 0.3) is 5.91 Å². The summed E-state index contributed by atoms with van der Waals surface area (Å²) in [5, 5.41) is 13.7. The van der Waals surface area contributed by atoms with Crippen LogP contribution < -0.4 is 5.32 Å². The minimum Gasteiger partial charge on any atom is -0.481 e. The van der Waals surface area contributed by atoms with E-state index >= 15 is 0 Å². The van der Waals surface area contributed by atoms with Gasteiger partial charge in [0.2, 0.25) is 0 Å². The normalized spacial score (nSPS) is 14.9. The number of hydrogen-bond acceptors (Lipinski definition) is 6. The van der Waals surface area contributed by atoms with Crippen LogP contribution in [0.4, 0.5) is 0 Å². The van der Waals surface area contributed by atoms with Crippen molar-refractivity contribution in [2.24, 2.45) is 10.4 Å². The Kier molecular flexibility index (Phi) is 9.14. The van der Waals surface area contributed by atoms with Crippen molar-refractivity contribution in [3.8, 4) is 0 Å². The molecule has 2 N–H and O–H groups in total. The number of hydrogen-bond donors (Lipinski definition) is 2. The van der Waals surface area contributed by atoms with E-state index in [1.807, 2.05) is 12.1 Å². The Hall–Kier alpha value is -3.04. The fraction of sp³-hybridized carbons (Fsp3) is 0.417. The Labute approximate surface area is 195 Å². The average molecular weight is 472 g/mol. The Morgan fingerprint density at radius 2 is 1.73 bits per heavy atom. The zero-order chi connectivity index (χ0) is 23.6. The molecule has 1 saturated heterocycles. The van der Waals surface area contributed by atoms with E-state index in [2.05, 4.69) is 9.79 Å². The Balaban J connectivity index is 1.67. The maximum atomic E-state index is 13.0. The van der Waals surface area contributed by atoms with Crippen LogP contribution in [0.2, 0.25) is 0 Å². The maximum absolute atomic E-state index is 13.0. The highest BCUT2D eigenvalue weighted by molar-refractivity contribution is 7.61. The second-order valence-electron chi connectivity index (χ2n) is 8.27. The lowest BCUT2D eigenvalue weighted by Gasteiger charge is -2.22. The summed E-state index contributed by atoms with van der Waals surface area (Å²) in [6.07, 6.45) is 5.60. The fourth-order valence-electron chi connectivity index (χ4n) is 4.15. The highest BCUT2D eigenvalue weighted by Crippen LogP contribution is 2.21. The SMILES string of the molecule is O=C(O)[C@H](CN(N=S(=O)=O)C(=O)c1ccc(CCCC2CCNCC2)cc1)c1ccccc1. The summed E-state index contributed by atoms with van der Waals surface area (Å²) in [6, 6.07) is 15.3. The zero-order valence-corrected chi connectivity index (χ0v) is 19.2. The van der Waals surface area contributed by atoms with Crippen LogP contribution in [-0.4, -0.2) is 50.0 Å². The topological polar surface area (TPSA) is 116 Å². The van der Waals surface area contributed by atoms with E-state index in [0.29, 0.717) is 10.6 Å². The summed E-state index contributed by atoms with van der Waals surface area (Å²) in [6.45, 7) is 1.78. The summed E-state index contributed by atoms with van der Waals surface area (Å²) in [5.74, 6) is -2.18. The summed E-state index contributed by atoms with van der Waals surface area (Å²) in [5.41, 5.74) is 1.81. The third-order valence-electron chi connectivity index (χ3n) is 5.99. The van der Waals surface area contributed by atoms with E-state index in [9.17, 15) is 23.1 Å². The number of carbonyl (C=O) groups is 2. The van der Waals surface area contributed by atoms with Crippen molar-refractivity contribution in [2.45, 2.75) is 38.0 Å². The highest BCUT2D eigenvalue weighted by atomic mass is 32.2. The number of aliphatic carboxylic acids is 1. The number of amides is 1. The number of nitrogens with zero attached hydrogens (tertiary/aromatic N) is 2. The largest absolute Gasteiger partial charge is 0.481 e. The molecule has 1 fully saturated rings. The molecule has 8 nitrogen and oxygen atoms in total. The molecule has 1 heterocycles. The van der Waals surface area contributed by atoms with Crippen molar-refractivity contribution in [3.05, 3.63) is 71.3 Å². The van der Waals surface area contributed by atoms with E-state index in [1.54, 1.807) is 42.5 Å². The van der Waals surface area contributed by atoms with Crippen LogP contribution in [0, 0.1) is 5.92 Å². The number of carboxylic acids is 1. The number of aryl methyl sites for hydroxylation is 1. The molecule has 9 heteroatoms. The van der Waals surface area contributed by atoms with Crippen LogP contribution in [0.1, 0.15) is 53.1 Å². The number of benzene rings is 2. The van der Waals surface area contributed by atoms with Gasteiger partial charge in [0.1, 0.15) is 5.92 Å². The van der Waals surface area contributed by atoms with Gasteiger partial charge in [0, 0.05) is 5.56 Å². The van der Waals surface area contributed by atoms with E-state index in [-0.39, 0.29) is 5.56 Å². The van der Waals surface area contributed by atoms with Gasteiger partial charge in [-0.05, 0) is 72.4 Å². The summed E-state index contributed by atoms with van der Waals surface area (Å²) >= 11 is 0. The van der Waals surface area contributed by atoms with Gasteiger partial charge in [-0.25, -0.2) is 5.01 Å². The minimum absolute atomic E-state index is 0.253. The molecule has 176 valence electrons. The molecule has 1 aliphatic heterocycles. The first-order valence-corrected chi connectivity index (χ1v) is 12.2. The Morgan fingerprint density at radius 3 is 2.33 bits per heavy atom. The number of rotatable bonds is 10. The van der Waals surface area contributed by atoms with Crippen LogP contribution in [-0.2, 0) is 21.7 Å². The zero-order valence-electron chi connectivity index (χ0n) is 18.4. The molecule has 0 unspecified atom stereocenters. The van der Waals surface area contributed by atoms with Gasteiger partial charge in [0.15, 0.2) is 0 Å². The van der Waals surface area contributed by atoms with E-state index in [0.717, 1.165) is 37.4 Å². The second kappa shape index (κ2) is 12.3.